The van der Waals surface area contributed by atoms with E-state index in [4.69, 9.17) is 32.7 Å². The van der Waals surface area contributed by atoms with Crippen LogP contribution in [0.1, 0.15) is 0 Å². The van der Waals surface area contributed by atoms with E-state index >= 15 is 0 Å². The van der Waals surface area contributed by atoms with Gasteiger partial charge in [-0.3, -0.25) is 0 Å². The van der Waals surface area contributed by atoms with Crippen LogP contribution in [0.2, 0.25) is 10.0 Å². The Morgan fingerprint density at radius 2 is 1.00 bits per heavy atom. The summed E-state index contributed by atoms with van der Waals surface area (Å²) in [6, 6.07) is 12.5. The second kappa shape index (κ2) is 7.64. The minimum atomic E-state index is -0.699. The first-order valence-electron chi connectivity index (χ1n) is 6.16. The molecule has 0 unspecified atom stereocenters. The van der Waals surface area contributed by atoms with Crippen LogP contribution in [0.3, 0.4) is 0 Å². The number of carbonyl (C=O) groups is 2. The van der Waals surface area contributed by atoms with Gasteiger partial charge in [0.05, 0.1) is 0 Å². The summed E-state index contributed by atoms with van der Waals surface area (Å²) >= 11 is 11.4. The van der Waals surface area contributed by atoms with Gasteiger partial charge in [-0.15, -0.1) is 0 Å². The number of rotatable bonds is 4. The van der Waals surface area contributed by atoms with Crippen molar-refractivity contribution in [3.8, 4) is 11.5 Å². The molecule has 0 aliphatic carbocycles. The summed E-state index contributed by atoms with van der Waals surface area (Å²) in [6.07, 6.45) is 1.96. The van der Waals surface area contributed by atoms with Gasteiger partial charge in [0, 0.05) is 22.2 Å². The number of halogens is 2. The summed E-state index contributed by atoms with van der Waals surface area (Å²) in [4.78, 5) is 23.1. The molecule has 0 amide bonds. The average molecular weight is 337 g/mol. The second-order valence-corrected chi connectivity index (χ2v) is 4.96. The smallest absolute Gasteiger partial charge is 0.336 e. The highest BCUT2D eigenvalue weighted by atomic mass is 35.5. The van der Waals surface area contributed by atoms with Crippen molar-refractivity contribution in [3.05, 3.63) is 70.7 Å². The van der Waals surface area contributed by atoms with Crippen molar-refractivity contribution in [2.45, 2.75) is 0 Å². The van der Waals surface area contributed by atoms with Crippen molar-refractivity contribution >= 4 is 35.1 Å². The fourth-order valence-electron chi connectivity index (χ4n) is 1.44. The molecule has 6 heteroatoms. The largest absolute Gasteiger partial charge is 0.423 e. The summed E-state index contributed by atoms with van der Waals surface area (Å²) in [7, 11) is 0. The van der Waals surface area contributed by atoms with Crippen molar-refractivity contribution in [1.82, 2.24) is 0 Å². The summed E-state index contributed by atoms with van der Waals surface area (Å²) in [5.74, 6) is -0.749. The lowest BCUT2D eigenvalue weighted by molar-refractivity contribution is -0.131. The minimum absolute atomic E-state index is 0.324. The molecule has 22 heavy (non-hydrogen) atoms. The number of ether oxygens (including phenoxy) is 2. The van der Waals surface area contributed by atoms with Crippen LogP contribution in [0.25, 0.3) is 0 Å². The third-order valence-electron chi connectivity index (χ3n) is 2.42. The van der Waals surface area contributed by atoms with Gasteiger partial charge in [0.15, 0.2) is 0 Å². The van der Waals surface area contributed by atoms with Gasteiger partial charge in [0.1, 0.15) is 11.5 Å². The van der Waals surface area contributed by atoms with E-state index in [9.17, 15) is 9.59 Å². The zero-order valence-corrected chi connectivity index (χ0v) is 12.7. The Morgan fingerprint density at radius 1 is 0.682 bits per heavy atom. The molecule has 0 aliphatic heterocycles. The number of hydrogen-bond donors (Lipinski definition) is 0. The lowest BCUT2D eigenvalue weighted by Crippen LogP contribution is -2.08. The van der Waals surface area contributed by atoms with E-state index in [1.54, 1.807) is 48.5 Å². The molecule has 0 radical (unpaired) electrons. The number of carbonyl (C=O) groups excluding carboxylic acids is 2. The van der Waals surface area contributed by atoms with Crippen LogP contribution >= 0.6 is 23.2 Å². The van der Waals surface area contributed by atoms with Gasteiger partial charge >= 0.3 is 11.9 Å². The van der Waals surface area contributed by atoms with E-state index in [1.165, 1.54) is 0 Å². The average Bonchev–Trinajstić information content (AvgIpc) is 2.50. The molecule has 0 heterocycles. The Labute approximate surface area is 136 Å². The van der Waals surface area contributed by atoms with Crippen molar-refractivity contribution in [1.29, 1.82) is 0 Å². The van der Waals surface area contributed by atoms with Crippen LogP contribution in [0.5, 0.6) is 11.5 Å². The van der Waals surface area contributed by atoms with Crippen LogP contribution in [-0.4, -0.2) is 11.9 Å². The molecular weight excluding hydrogens is 327 g/mol. The highest BCUT2D eigenvalue weighted by Crippen LogP contribution is 2.16. The third kappa shape index (κ3) is 5.24. The van der Waals surface area contributed by atoms with E-state index < -0.39 is 11.9 Å². The quantitative estimate of drug-likeness (QED) is 0.480. The van der Waals surface area contributed by atoms with Crippen molar-refractivity contribution in [3.63, 3.8) is 0 Å². The van der Waals surface area contributed by atoms with Gasteiger partial charge in [-0.25, -0.2) is 9.59 Å². The van der Waals surface area contributed by atoms with Gasteiger partial charge < -0.3 is 9.47 Å². The summed E-state index contributed by atoms with van der Waals surface area (Å²) < 4.78 is 9.95. The van der Waals surface area contributed by atoms with Crippen LogP contribution in [0, 0.1) is 0 Å². The van der Waals surface area contributed by atoms with Gasteiger partial charge in [0.25, 0.3) is 0 Å². The molecule has 0 bridgehead atoms. The van der Waals surface area contributed by atoms with Gasteiger partial charge in [-0.2, -0.15) is 0 Å². The van der Waals surface area contributed by atoms with Crippen molar-refractivity contribution < 1.29 is 19.1 Å². The van der Waals surface area contributed by atoms with Gasteiger partial charge in [0.2, 0.25) is 0 Å². The molecular formula is C16H10Cl2O4. The predicted octanol–water partition coefficient (Wildman–Crippen LogP) is 4.06. The first-order valence-corrected chi connectivity index (χ1v) is 6.91. The maximum Gasteiger partial charge on any atom is 0.336 e. The first kappa shape index (κ1) is 16.1. The summed E-state index contributed by atoms with van der Waals surface area (Å²) in [5, 5.41) is 1.06. The molecule has 0 saturated heterocycles. The molecule has 0 aliphatic rings. The standard InChI is InChI=1S/C16H10Cl2O4/c17-11-1-5-13(6-2-11)21-15(19)9-10-16(20)22-14-7-3-12(18)4-8-14/h1-10H/b10-9+. The van der Waals surface area contributed by atoms with Crippen LogP contribution in [-0.2, 0) is 9.59 Å². The number of esters is 2. The van der Waals surface area contributed by atoms with Crippen molar-refractivity contribution in [2.75, 3.05) is 0 Å². The molecule has 2 aromatic carbocycles. The molecule has 0 saturated carbocycles. The summed E-state index contributed by atoms with van der Waals surface area (Å²) in [6.45, 7) is 0. The Bertz CT molecular complexity index is 630. The van der Waals surface area contributed by atoms with Gasteiger partial charge in [-0.1, -0.05) is 23.2 Å². The zero-order chi connectivity index (χ0) is 15.9. The van der Waals surface area contributed by atoms with E-state index in [0.29, 0.717) is 21.5 Å². The molecule has 0 spiro atoms. The highest BCUT2D eigenvalue weighted by Gasteiger charge is 2.04. The van der Waals surface area contributed by atoms with E-state index in [0.717, 1.165) is 12.2 Å². The maximum atomic E-state index is 11.5. The van der Waals surface area contributed by atoms with E-state index in [-0.39, 0.29) is 0 Å². The fourth-order valence-corrected chi connectivity index (χ4v) is 1.69. The SMILES string of the molecule is O=C(/C=C/C(=O)Oc1ccc(Cl)cc1)Oc1ccc(Cl)cc1. The topological polar surface area (TPSA) is 52.6 Å². The molecule has 0 fully saturated rings. The van der Waals surface area contributed by atoms with E-state index in [1.807, 2.05) is 0 Å². The lowest BCUT2D eigenvalue weighted by atomic mass is 10.3. The van der Waals surface area contributed by atoms with Crippen LogP contribution in [0.15, 0.2) is 60.7 Å². The number of hydrogen-bond acceptors (Lipinski definition) is 4. The zero-order valence-electron chi connectivity index (χ0n) is 11.2. The highest BCUT2D eigenvalue weighted by molar-refractivity contribution is 6.30. The van der Waals surface area contributed by atoms with Crippen molar-refractivity contribution in [2.24, 2.45) is 0 Å². The molecule has 4 nitrogen and oxygen atoms in total. The van der Waals surface area contributed by atoms with E-state index in [2.05, 4.69) is 0 Å². The lowest BCUT2D eigenvalue weighted by Gasteiger charge is -2.02. The monoisotopic (exact) mass is 336 g/mol. The normalized spacial score (nSPS) is 10.5. The Kier molecular flexibility index (Phi) is 5.58. The minimum Gasteiger partial charge on any atom is -0.423 e. The third-order valence-corrected chi connectivity index (χ3v) is 2.92. The number of benzene rings is 2. The molecule has 0 atom stereocenters. The van der Waals surface area contributed by atoms with Gasteiger partial charge in [-0.05, 0) is 48.5 Å². The maximum absolute atomic E-state index is 11.5. The fraction of sp³-hybridized carbons (Fsp3) is 0. The Morgan fingerprint density at radius 3 is 1.32 bits per heavy atom. The van der Waals surface area contributed by atoms with Crippen LogP contribution in [0.4, 0.5) is 0 Å². The summed E-state index contributed by atoms with van der Waals surface area (Å²) in [5.41, 5.74) is 0. The molecule has 2 aromatic rings. The predicted molar refractivity (Wildman–Crippen MR) is 83.3 cm³/mol. The Hall–Kier alpha value is -2.30. The second-order valence-electron chi connectivity index (χ2n) is 4.08. The molecule has 112 valence electrons. The molecule has 0 aromatic heterocycles. The first-order chi connectivity index (χ1) is 10.5. The molecule has 2 rings (SSSR count). The molecule has 0 N–H and O–H groups in total. The van der Waals surface area contributed by atoms with Crippen LogP contribution < -0.4 is 9.47 Å². The Balaban J connectivity index is 1.87.